The number of rotatable bonds is 2. The van der Waals surface area contributed by atoms with Gasteiger partial charge in [-0.3, -0.25) is 19.7 Å². The SMILES string of the molecule is CSc1cccc2c1C(=O)N(C1CCC(=O)NC1=O)C2. The number of amides is 3. The summed E-state index contributed by atoms with van der Waals surface area (Å²) in [4.78, 5) is 38.2. The van der Waals surface area contributed by atoms with Gasteiger partial charge in [0.15, 0.2) is 0 Å². The van der Waals surface area contributed by atoms with E-state index in [0.29, 0.717) is 18.5 Å². The fourth-order valence-electron chi connectivity index (χ4n) is 2.75. The molecule has 0 aromatic heterocycles. The number of carbonyl (C=O) groups is 3. The molecule has 1 saturated heterocycles. The molecule has 1 unspecified atom stereocenters. The first kappa shape index (κ1) is 13.2. The minimum atomic E-state index is -0.540. The van der Waals surface area contributed by atoms with Crippen molar-refractivity contribution in [2.45, 2.75) is 30.3 Å². The topological polar surface area (TPSA) is 66.5 Å². The average molecular weight is 290 g/mol. The molecular formula is C14H14N2O3S. The molecule has 3 rings (SSSR count). The smallest absolute Gasteiger partial charge is 0.256 e. The van der Waals surface area contributed by atoms with Gasteiger partial charge in [0.05, 0.1) is 5.56 Å². The van der Waals surface area contributed by atoms with Crippen molar-refractivity contribution >= 4 is 29.5 Å². The van der Waals surface area contributed by atoms with Gasteiger partial charge in [0.25, 0.3) is 5.91 Å². The molecule has 2 aliphatic rings. The molecule has 0 radical (unpaired) electrons. The molecule has 2 aliphatic heterocycles. The standard InChI is InChI=1S/C14H14N2O3S/c1-20-10-4-2-3-8-7-16(14(19)12(8)10)9-5-6-11(17)15-13(9)18/h2-4,9H,5-7H2,1H3,(H,15,17,18). The van der Waals surface area contributed by atoms with E-state index in [-0.39, 0.29) is 24.1 Å². The van der Waals surface area contributed by atoms with Crippen LogP contribution in [0.15, 0.2) is 23.1 Å². The fourth-order valence-corrected chi connectivity index (χ4v) is 3.39. The molecule has 1 aromatic carbocycles. The van der Waals surface area contributed by atoms with Gasteiger partial charge < -0.3 is 4.90 Å². The molecule has 1 aromatic rings. The maximum atomic E-state index is 12.6. The Labute approximate surface area is 120 Å². The number of hydrogen-bond donors (Lipinski definition) is 1. The van der Waals surface area contributed by atoms with Crippen LogP contribution in [0.3, 0.4) is 0 Å². The lowest BCUT2D eigenvalue weighted by atomic mass is 10.0. The van der Waals surface area contributed by atoms with Crippen molar-refractivity contribution in [3.63, 3.8) is 0 Å². The quantitative estimate of drug-likeness (QED) is 0.656. The molecule has 1 N–H and O–H groups in total. The van der Waals surface area contributed by atoms with E-state index in [4.69, 9.17) is 0 Å². The summed E-state index contributed by atoms with van der Waals surface area (Å²) in [5.41, 5.74) is 1.65. The highest BCUT2D eigenvalue weighted by molar-refractivity contribution is 7.98. The normalized spacial score (nSPS) is 21.9. The third-order valence-corrected chi connectivity index (χ3v) is 4.51. The molecule has 20 heavy (non-hydrogen) atoms. The Morgan fingerprint density at radius 3 is 2.80 bits per heavy atom. The van der Waals surface area contributed by atoms with E-state index in [1.807, 2.05) is 24.5 Å². The first-order chi connectivity index (χ1) is 9.61. The van der Waals surface area contributed by atoms with Gasteiger partial charge >= 0.3 is 0 Å². The van der Waals surface area contributed by atoms with E-state index in [9.17, 15) is 14.4 Å². The molecule has 0 bridgehead atoms. The third kappa shape index (κ3) is 2.00. The van der Waals surface area contributed by atoms with Gasteiger partial charge in [0.1, 0.15) is 6.04 Å². The maximum Gasteiger partial charge on any atom is 0.256 e. The van der Waals surface area contributed by atoms with Gasteiger partial charge in [-0.2, -0.15) is 0 Å². The number of fused-ring (bicyclic) bond motifs is 1. The van der Waals surface area contributed by atoms with Crippen LogP contribution in [0.4, 0.5) is 0 Å². The van der Waals surface area contributed by atoms with Crippen molar-refractivity contribution in [2.24, 2.45) is 0 Å². The highest BCUT2D eigenvalue weighted by atomic mass is 32.2. The van der Waals surface area contributed by atoms with Crippen LogP contribution in [0, 0.1) is 0 Å². The van der Waals surface area contributed by atoms with E-state index >= 15 is 0 Å². The Morgan fingerprint density at radius 2 is 2.10 bits per heavy atom. The summed E-state index contributed by atoms with van der Waals surface area (Å²) in [6.45, 7) is 0.439. The van der Waals surface area contributed by atoms with Gasteiger partial charge in [-0.1, -0.05) is 12.1 Å². The van der Waals surface area contributed by atoms with Crippen molar-refractivity contribution in [1.29, 1.82) is 0 Å². The van der Waals surface area contributed by atoms with E-state index < -0.39 is 6.04 Å². The average Bonchev–Trinajstić information content (AvgIpc) is 2.76. The van der Waals surface area contributed by atoms with Crippen molar-refractivity contribution in [2.75, 3.05) is 6.26 Å². The maximum absolute atomic E-state index is 12.6. The molecule has 6 heteroatoms. The number of nitrogens with one attached hydrogen (secondary N) is 1. The van der Waals surface area contributed by atoms with Crippen LogP contribution in [-0.2, 0) is 16.1 Å². The van der Waals surface area contributed by atoms with Gasteiger partial charge in [-0.25, -0.2) is 0 Å². The number of hydrogen-bond acceptors (Lipinski definition) is 4. The Hall–Kier alpha value is -1.82. The summed E-state index contributed by atoms with van der Waals surface area (Å²) in [6.07, 6.45) is 2.61. The Bertz CT molecular complexity index is 614. The molecular weight excluding hydrogens is 276 g/mol. The van der Waals surface area contributed by atoms with Crippen LogP contribution < -0.4 is 5.32 Å². The highest BCUT2D eigenvalue weighted by Crippen LogP contribution is 2.33. The van der Waals surface area contributed by atoms with Crippen LogP contribution in [0.25, 0.3) is 0 Å². The summed E-state index contributed by atoms with van der Waals surface area (Å²) < 4.78 is 0. The van der Waals surface area contributed by atoms with E-state index in [1.165, 1.54) is 11.8 Å². The van der Waals surface area contributed by atoms with Crippen molar-refractivity contribution in [1.82, 2.24) is 10.2 Å². The monoisotopic (exact) mass is 290 g/mol. The Balaban J connectivity index is 1.90. The predicted octanol–water partition coefficient (Wildman–Crippen LogP) is 1.17. The van der Waals surface area contributed by atoms with E-state index in [0.717, 1.165) is 10.5 Å². The van der Waals surface area contributed by atoms with Crippen LogP contribution in [0.5, 0.6) is 0 Å². The van der Waals surface area contributed by atoms with Crippen molar-refractivity contribution < 1.29 is 14.4 Å². The van der Waals surface area contributed by atoms with Gasteiger partial charge in [-0.05, 0) is 24.3 Å². The van der Waals surface area contributed by atoms with Gasteiger partial charge in [0.2, 0.25) is 11.8 Å². The first-order valence-electron chi connectivity index (χ1n) is 6.42. The van der Waals surface area contributed by atoms with Crippen molar-refractivity contribution in [3.8, 4) is 0 Å². The lowest BCUT2D eigenvalue weighted by Crippen LogP contribution is -2.52. The zero-order chi connectivity index (χ0) is 14.3. The molecule has 5 nitrogen and oxygen atoms in total. The molecule has 104 valence electrons. The fraction of sp³-hybridized carbons (Fsp3) is 0.357. The molecule has 2 heterocycles. The number of imide groups is 1. The number of thioether (sulfide) groups is 1. The molecule has 0 spiro atoms. The second-order valence-electron chi connectivity index (χ2n) is 4.89. The Morgan fingerprint density at radius 1 is 1.30 bits per heavy atom. The van der Waals surface area contributed by atoms with Gasteiger partial charge in [-0.15, -0.1) is 11.8 Å². The summed E-state index contributed by atoms with van der Waals surface area (Å²) >= 11 is 1.53. The van der Waals surface area contributed by atoms with Crippen LogP contribution in [-0.4, -0.2) is 34.9 Å². The summed E-state index contributed by atoms with van der Waals surface area (Å²) in [6, 6.07) is 5.21. The first-order valence-corrected chi connectivity index (χ1v) is 7.65. The number of benzene rings is 1. The number of carbonyl (C=O) groups excluding carboxylic acids is 3. The largest absolute Gasteiger partial charge is 0.322 e. The minimum Gasteiger partial charge on any atom is -0.322 e. The molecule has 1 fully saturated rings. The molecule has 0 saturated carbocycles. The second kappa shape index (κ2) is 4.94. The Kier molecular flexibility index (Phi) is 3.25. The molecule has 0 aliphatic carbocycles. The highest BCUT2D eigenvalue weighted by Gasteiger charge is 2.39. The zero-order valence-corrected chi connectivity index (χ0v) is 11.8. The van der Waals surface area contributed by atoms with Crippen LogP contribution in [0.1, 0.15) is 28.8 Å². The van der Waals surface area contributed by atoms with Gasteiger partial charge in [0, 0.05) is 17.9 Å². The third-order valence-electron chi connectivity index (χ3n) is 3.73. The van der Waals surface area contributed by atoms with Crippen LogP contribution in [0.2, 0.25) is 0 Å². The lowest BCUT2D eigenvalue weighted by molar-refractivity contribution is -0.136. The zero-order valence-electron chi connectivity index (χ0n) is 11.0. The number of nitrogens with zero attached hydrogens (tertiary/aromatic N) is 1. The summed E-state index contributed by atoms with van der Waals surface area (Å²) in [5.74, 6) is -0.743. The second-order valence-corrected chi connectivity index (χ2v) is 5.74. The van der Waals surface area contributed by atoms with Crippen molar-refractivity contribution in [3.05, 3.63) is 29.3 Å². The van der Waals surface area contributed by atoms with Crippen LogP contribution >= 0.6 is 11.8 Å². The minimum absolute atomic E-state index is 0.112. The predicted molar refractivity (Wildman–Crippen MR) is 74.3 cm³/mol. The van der Waals surface area contributed by atoms with E-state index in [1.54, 1.807) is 4.90 Å². The molecule has 3 amide bonds. The molecule has 1 atom stereocenters. The summed E-state index contributed by atoms with van der Waals surface area (Å²) in [7, 11) is 0. The summed E-state index contributed by atoms with van der Waals surface area (Å²) in [5, 5.41) is 2.31. The number of piperidine rings is 1. The van der Waals surface area contributed by atoms with E-state index in [2.05, 4.69) is 5.32 Å². The lowest BCUT2D eigenvalue weighted by Gasteiger charge is -2.29.